The van der Waals surface area contributed by atoms with Crippen LogP contribution in [0, 0.1) is 23.7 Å². The van der Waals surface area contributed by atoms with Gasteiger partial charge in [-0.15, -0.1) is 0 Å². The Kier molecular flexibility index (Phi) is 22.6. The van der Waals surface area contributed by atoms with Crippen molar-refractivity contribution < 1.29 is 19.1 Å². The molecule has 1 atom stereocenters. The maximum absolute atomic E-state index is 12.2. The molecule has 0 aliphatic heterocycles. The Bertz CT molecular complexity index is 498. The first-order valence-electron chi connectivity index (χ1n) is 15.0. The van der Waals surface area contributed by atoms with E-state index in [4.69, 9.17) is 9.47 Å². The minimum absolute atomic E-state index is 0.00835. The summed E-state index contributed by atoms with van der Waals surface area (Å²) in [5.41, 5.74) is 0. The quantitative estimate of drug-likeness (QED) is 0.0986. The van der Waals surface area contributed by atoms with Crippen molar-refractivity contribution in [2.45, 2.75) is 151 Å². The molecule has 0 rings (SSSR count). The Hall–Kier alpha value is -1.06. The molecule has 0 aromatic rings. The van der Waals surface area contributed by atoms with Gasteiger partial charge in [0.1, 0.15) is 0 Å². The van der Waals surface area contributed by atoms with Gasteiger partial charge in [0.2, 0.25) is 0 Å². The Balaban J connectivity index is 3.57. The molecule has 0 spiro atoms. The summed E-state index contributed by atoms with van der Waals surface area (Å²) < 4.78 is 10.8. The van der Waals surface area contributed by atoms with Gasteiger partial charge >= 0.3 is 11.9 Å². The summed E-state index contributed by atoms with van der Waals surface area (Å²) in [6.07, 6.45) is 18.8. The van der Waals surface area contributed by atoms with E-state index in [-0.39, 0.29) is 11.9 Å². The van der Waals surface area contributed by atoms with E-state index in [0.29, 0.717) is 49.7 Å². The van der Waals surface area contributed by atoms with Gasteiger partial charge in [-0.1, -0.05) is 99.3 Å². The maximum Gasteiger partial charge on any atom is 0.306 e. The molecule has 0 heterocycles. The summed E-state index contributed by atoms with van der Waals surface area (Å²) in [5.74, 6) is 2.30. The molecule has 208 valence electrons. The third-order valence-corrected chi connectivity index (χ3v) is 6.96. The largest absolute Gasteiger partial charge is 0.466 e. The molecule has 0 fully saturated rings. The van der Waals surface area contributed by atoms with Gasteiger partial charge in [0.25, 0.3) is 0 Å². The normalized spacial score (nSPS) is 12.5. The number of rotatable bonds is 24. The SMILES string of the molecule is CC(C)CCCOC(=O)CCCCCCCCCCCCC(CC(=O)OCCCC(C)C)C(C)C. The summed E-state index contributed by atoms with van der Waals surface area (Å²) in [6, 6.07) is 0. The van der Waals surface area contributed by atoms with E-state index in [9.17, 15) is 9.59 Å². The smallest absolute Gasteiger partial charge is 0.306 e. The summed E-state index contributed by atoms with van der Waals surface area (Å²) in [6.45, 7) is 14.4. The van der Waals surface area contributed by atoms with Crippen LogP contribution >= 0.6 is 0 Å². The van der Waals surface area contributed by atoms with Crippen LogP contribution in [-0.2, 0) is 19.1 Å². The zero-order chi connectivity index (χ0) is 26.3. The highest BCUT2D eigenvalue weighted by Gasteiger charge is 2.18. The lowest BCUT2D eigenvalue weighted by Crippen LogP contribution is -2.17. The number of esters is 2. The van der Waals surface area contributed by atoms with Crippen molar-refractivity contribution in [3.63, 3.8) is 0 Å². The first-order valence-corrected chi connectivity index (χ1v) is 15.0. The van der Waals surface area contributed by atoms with Crippen LogP contribution < -0.4 is 0 Å². The molecular formula is C31H60O4. The van der Waals surface area contributed by atoms with Crippen molar-refractivity contribution in [1.82, 2.24) is 0 Å². The standard InChI is InChI=1S/C31H60O4/c1-26(2)19-17-23-34-30(32)22-16-14-12-10-8-7-9-11-13-15-21-29(28(5)6)25-31(33)35-24-18-20-27(3)4/h26-29H,7-25H2,1-6H3. The lowest BCUT2D eigenvalue weighted by molar-refractivity contribution is -0.145. The third-order valence-electron chi connectivity index (χ3n) is 6.96. The van der Waals surface area contributed by atoms with E-state index in [1.54, 1.807) is 0 Å². The van der Waals surface area contributed by atoms with Gasteiger partial charge in [0, 0.05) is 12.8 Å². The highest BCUT2D eigenvalue weighted by Crippen LogP contribution is 2.23. The molecule has 4 heteroatoms. The first-order chi connectivity index (χ1) is 16.7. The van der Waals surface area contributed by atoms with E-state index >= 15 is 0 Å². The molecule has 0 aromatic carbocycles. The molecule has 0 amide bonds. The Morgan fingerprint density at radius 1 is 0.514 bits per heavy atom. The van der Waals surface area contributed by atoms with E-state index in [0.717, 1.165) is 44.9 Å². The highest BCUT2D eigenvalue weighted by molar-refractivity contribution is 5.69. The fourth-order valence-corrected chi connectivity index (χ4v) is 4.46. The lowest BCUT2D eigenvalue weighted by Gasteiger charge is -2.20. The minimum atomic E-state index is -0.0213. The summed E-state index contributed by atoms with van der Waals surface area (Å²) in [4.78, 5) is 23.9. The van der Waals surface area contributed by atoms with Crippen LogP contribution in [0.4, 0.5) is 0 Å². The summed E-state index contributed by atoms with van der Waals surface area (Å²) in [5, 5.41) is 0. The average molecular weight is 497 g/mol. The van der Waals surface area contributed by atoms with Crippen molar-refractivity contribution in [3.05, 3.63) is 0 Å². The predicted octanol–water partition coefficient (Wildman–Crippen LogP) is 9.29. The second-order valence-electron chi connectivity index (χ2n) is 11.8. The summed E-state index contributed by atoms with van der Waals surface area (Å²) in [7, 11) is 0. The zero-order valence-electron chi connectivity index (χ0n) is 24.4. The van der Waals surface area contributed by atoms with Crippen LogP contribution in [0.25, 0.3) is 0 Å². The van der Waals surface area contributed by atoms with E-state index in [1.807, 2.05) is 0 Å². The van der Waals surface area contributed by atoms with Crippen LogP contribution in [0.1, 0.15) is 151 Å². The zero-order valence-corrected chi connectivity index (χ0v) is 24.4. The van der Waals surface area contributed by atoms with Gasteiger partial charge in [0.15, 0.2) is 0 Å². The molecule has 0 aliphatic carbocycles. The van der Waals surface area contributed by atoms with Gasteiger partial charge in [-0.2, -0.15) is 0 Å². The molecule has 0 saturated heterocycles. The Labute approximate surface area is 218 Å². The molecule has 0 saturated carbocycles. The third kappa shape index (κ3) is 24.4. The molecule has 0 bridgehead atoms. The minimum Gasteiger partial charge on any atom is -0.466 e. The second-order valence-corrected chi connectivity index (χ2v) is 11.8. The number of carbonyl (C=O) groups is 2. The van der Waals surface area contributed by atoms with Crippen molar-refractivity contribution in [2.24, 2.45) is 23.7 Å². The fraction of sp³-hybridized carbons (Fsp3) is 0.935. The monoisotopic (exact) mass is 496 g/mol. The van der Waals surface area contributed by atoms with Crippen LogP contribution in [0.5, 0.6) is 0 Å². The van der Waals surface area contributed by atoms with Gasteiger partial charge in [-0.3, -0.25) is 9.59 Å². The molecule has 1 unspecified atom stereocenters. The van der Waals surface area contributed by atoms with E-state index < -0.39 is 0 Å². The highest BCUT2D eigenvalue weighted by atomic mass is 16.5. The topological polar surface area (TPSA) is 52.6 Å². The van der Waals surface area contributed by atoms with Gasteiger partial charge in [0.05, 0.1) is 13.2 Å². The molecule has 0 N–H and O–H groups in total. The number of carbonyl (C=O) groups excluding carboxylic acids is 2. The molecule has 4 nitrogen and oxygen atoms in total. The van der Waals surface area contributed by atoms with Crippen molar-refractivity contribution in [3.8, 4) is 0 Å². The van der Waals surface area contributed by atoms with Crippen LogP contribution in [0.15, 0.2) is 0 Å². The number of hydrogen-bond donors (Lipinski definition) is 0. The van der Waals surface area contributed by atoms with Crippen molar-refractivity contribution in [2.75, 3.05) is 13.2 Å². The predicted molar refractivity (Wildman–Crippen MR) is 148 cm³/mol. The number of hydrogen-bond acceptors (Lipinski definition) is 4. The molecule has 35 heavy (non-hydrogen) atoms. The number of ether oxygens (including phenoxy) is 2. The van der Waals surface area contributed by atoms with Gasteiger partial charge < -0.3 is 9.47 Å². The molecular weight excluding hydrogens is 436 g/mol. The second kappa shape index (κ2) is 23.3. The van der Waals surface area contributed by atoms with Crippen molar-refractivity contribution in [1.29, 1.82) is 0 Å². The maximum atomic E-state index is 12.2. The lowest BCUT2D eigenvalue weighted by atomic mass is 9.87. The van der Waals surface area contributed by atoms with Gasteiger partial charge in [-0.25, -0.2) is 0 Å². The number of unbranched alkanes of at least 4 members (excludes halogenated alkanes) is 9. The van der Waals surface area contributed by atoms with E-state index in [1.165, 1.54) is 51.4 Å². The van der Waals surface area contributed by atoms with Crippen LogP contribution in [0.3, 0.4) is 0 Å². The van der Waals surface area contributed by atoms with E-state index in [2.05, 4.69) is 41.5 Å². The van der Waals surface area contributed by atoms with Crippen LogP contribution in [-0.4, -0.2) is 25.2 Å². The van der Waals surface area contributed by atoms with Crippen molar-refractivity contribution >= 4 is 11.9 Å². The van der Waals surface area contributed by atoms with Crippen LogP contribution in [0.2, 0.25) is 0 Å². The summed E-state index contributed by atoms with van der Waals surface area (Å²) >= 11 is 0. The Morgan fingerprint density at radius 3 is 1.40 bits per heavy atom. The molecule has 0 aromatic heterocycles. The Morgan fingerprint density at radius 2 is 0.943 bits per heavy atom. The average Bonchev–Trinajstić information content (AvgIpc) is 2.79. The molecule has 0 aliphatic rings. The fourth-order valence-electron chi connectivity index (χ4n) is 4.46. The first kappa shape index (κ1) is 33.9. The van der Waals surface area contributed by atoms with Gasteiger partial charge in [-0.05, 0) is 62.2 Å². The molecule has 0 radical (unpaired) electrons.